The van der Waals surface area contributed by atoms with Crippen LogP contribution in [0.25, 0.3) is 0 Å². The van der Waals surface area contributed by atoms with Crippen LogP contribution in [0.4, 0.5) is 0 Å². The second-order valence-electron chi connectivity index (χ2n) is 9.80. The molecule has 3 N–H and O–H groups in total. The van der Waals surface area contributed by atoms with Crippen LogP contribution in [0.1, 0.15) is 136 Å². The van der Waals surface area contributed by atoms with Crippen LogP contribution in [0.3, 0.4) is 0 Å². The molecule has 0 aliphatic rings. The molecule has 0 saturated heterocycles. The number of hydrogen-bond donors (Lipinski definition) is 3. The number of rotatable bonds is 25. The highest BCUT2D eigenvalue weighted by Gasteiger charge is 2.17. The van der Waals surface area contributed by atoms with Gasteiger partial charge in [0.25, 0.3) is 0 Å². The van der Waals surface area contributed by atoms with Crippen LogP contribution in [0.2, 0.25) is 0 Å². The van der Waals surface area contributed by atoms with Gasteiger partial charge >= 0.3 is 0 Å². The van der Waals surface area contributed by atoms with Crippen molar-refractivity contribution in [3.05, 3.63) is 36.5 Å². The Hall–Kier alpha value is -1.39. The molecule has 2 atom stereocenters. The summed E-state index contributed by atoms with van der Waals surface area (Å²) in [5.41, 5.74) is 0. The SMILES string of the molecule is CCCCC/C=C/CC/C=C/[C@@H](O)[C@H](CO)NC(=O)CCCCCCC/C=C/CCCCCCC. The van der Waals surface area contributed by atoms with Crippen LogP contribution in [-0.4, -0.2) is 34.9 Å². The molecule has 204 valence electrons. The maximum Gasteiger partial charge on any atom is 0.220 e. The molecule has 0 fully saturated rings. The van der Waals surface area contributed by atoms with Crippen molar-refractivity contribution in [2.45, 2.75) is 148 Å². The van der Waals surface area contributed by atoms with Gasteiger partial charge in [-0.3, -0.25) is 4.79 Å². The summed E-state index contributed by atoms with van der Waals surface area (Å²) >= 11 is 0. The van der Waals surface area contributed by atoms with Gasteiger partial charge in [0.05, 0.1) is 18.8 Å². The molecule has 0 radical (unpaired) electrons. The summed E-state index contributed by atoms with van der Waals surface area (Å²) in [5.74, 6) is -0.0895. The van der Waals surface area contributed by atoms with Crippen molar-refractivity contribution >= 4 is 5.91 Å². The molecule has 0 aromatic carbocycles. The molecule has 0 aliphatic heterocycles. The zero-order valence-corrected chi connectivity index (χ0v) is 23.1. The maximum atomic E-state index is 12.2. The Morgan fingerprint density at radius 2 is 1.11 bits per heavy atom. The summed E-state index contributed by atoms with van der Waals surface area (Å²) in [6.45, 7) is 4.20. The highest BCUT2D eigenvalue weighted by Crippen LogP contribution is 2.10. The fraction of sp³-hybridized carbons (Fsp3) is 0.774. The van der Waals surface area contributed by atoms with Crippen molar-refractivity contribution in [1.29, 1.82) is 0 Å². The van der Waals surface area contributed by atoms with Crippen LogP contribution in [-0.2, 0) is 4.79 Å². The molecule has 0 heterocycles. The number of hydrogen-bond acceptors (Lipinski definition) is 3. The average Bonchev–Trinajstić information content (AvgIpc) is 2.86. The van der Waals surface area contributed by atoms with Crippen LogP contribution in [0.5, 0.6) is 0 Å². The number of carbonyl (C=O) groups is 1. The number of aliphatic hydroxyl groups excluding tert-OH is 2. The van der Waals surface area contributed by atoms with E-state index in [4.69, 9.17) is 0 Å². The predicted octanol–water partition coefficient (Wildman–Crippen LogP) is 7.94. The molecule has 35 heavy (non-hydrogen) atoms. The summed E-state index contributed by atoms with van der Waals surface area (Å²) < 4.78 is 0. The van der Waals surface area contributed by atoms with E-state index in [1.807, 2.05) is 6.08 Å². The van der Waals surface area contributed by atoms with E-state index >= 15 is 0 Å². The van der Waals surface area contributed by atoms with Crippen LogP contribution in [0.15, 0.2) is 36.5 Å². The van der Waals surface area contributed by atoms with E-state index < -0.39 is 12.1 Å². The molecule has 0 aromatic heterocycles. The molecule has 4 heteroatoms. The van der Waals surface area contributed by atoms with E-state index in [1.165, 1.54) is 70.6 Å². The molecular weight excluding hydrogens is 434 g/mol. The first-order valence-corrected chi connectivity index (χ1v) is 14.7. The van der Waals surface area contributed by atoms with Gasteiger partial charge in [0.15, 0.2) is 0 Å². The second kappa shape index (κ2) is 27.2. The van der Waals surface area contributed by atoms with Crippen LogP contribution < -0.4 is 5.32 Å². The quantitative estimate of drug-likeness (QED) is 0.0896. The minimum Gasteiger partial charge on any atom is -0.394 e. The molecule has 0 saturated carbocycles. The third-order valence-corrected chi connectivity index (χ3v) is 6.35. The lowest BCUT2D eigenvalue weighted by Gasteiger charge is -2.19. The van der Waals surface area contributed by atoms with E-state index in [-0.39, 0.29) is 12.5 Å². The van der Waals surface area contributed by atoms with Gasteiger partial charge in [0.1, 0.15) is 0 Å². The van der Waals surface area contributed by atoms with Gasteiger partial charge in [0.2, 0.25) is 5.91 Å². The normalized spacial score (nSPS) is 13.8. The Kier molecular flexibility index (Phi) is 26.1. The first-order valence-electron chi connectivity index (χ1n) is 14.7. The molecule has 0 spiro atoms. The molecule has 0 aliphatic carbocycles. The Morgan fingerprint density at radius 3 is 1.71 bits per heavy atom. The fourth-order valence-corrected chi connectivity index (χ4v) is 4.01. The Morgan fingerprint density at radius 1 is 0.657 bits per heavy atom. The van der Waals surface area contributed by atoms with Crippen molar-refractivity contribution in [2.24, 2.45) is 0 Å². The third kappa shape index (κ3) is 24.1. The molecule has 1 amide bonds. The number of aliphatic hydroxyl groups is 2. The van der Waals surface area contributed by atoms with Gasteiger partial charge in [-0.25, -0.2) is 0 Å². The van der Waals surface area contributed by atoms with Gasteiger partial charge in [-0.15, -0.1) is 0 Å². The summed E-state index contributed by atoms with van der Waals surface area (Å²) in [5, 5.41) is 22.6. The number of carbonyl (C=O) groups excluding carboxylic acids is 1. The molecule has 0 unspecified atom stereocenters. The van der Waals surface area contributed by atoms with E-state index in [2.05, 4.69) is 43.5 Å². The molecule has 0 bridgehead atoms. The Balaban J connectivity index is 3.74. The largest absolute Gasteiger partial charge is 0.394 e. The zero-order valence-electron chi connectivity index (χ0n) is 23.1. The second-order valence-corrected chi connectivity index (χ2v) is 9.80. The van der Waals surface area contributed by atoms with Crippen molar-refractivity contribution in [2.75, 3.05) is 6.61 Å². The predicted molar refractivity (Wildman–Crippen MR) is 152 cm³/mol. The molecule has 4 nitrogen and oxygen atoms in total. The third-order valence-electron chi connectivity index (χ3n) is 6.35. The Bertz CT molecular complexity index is 541. The maximum absolute atomic E-state index is 12.2. The molecule has 0 rings (SSSR count). The molecule has 0 aromatic rings. The van der Waals surface area contributed by atoms with Crippen LogP contribution >= 0.6 is 0 Å². The van der Waals surface area contributed by atoms with Gasteiger partial charge in [-0.1, -0.05) is 108 Å². The lowest BCUT2D eigenvalue weighted by atomic mass is 10.1. The Labute approximate surface area is 217 Å². The van der Waals surface area contributed by atoms with E-state index in [0.717, 1.165) is 44.9 Å². The van der Waals surface area contributed by atoms with Crippen LogP contribution in [0, 0.1) is 0 Å². The summed E-state index contributed by atoms with van der Waals surface area (Å²) in [6, 6.07) is -0.637. The first-order chi connectivity index (χ1) is 17.2. The zero-order chi connectivity index (χ0) is 25.8. The average molecular weight is 492 g/mol. The topological polar surface area (TPSA) is 69.6 Å². The lowest BCUT2D eigenvalue weighted by molar-refractivity contribution is -0.123. The van der Waals surface area contributed by atoms with Crippen molar-refractivity contribution in [3.63, 3.8) is 0 Å². The van der Waals surface area contributed by atoms with Gasteiger partial charge in [-0.05, 0) is 57.8 Å². The minimum absolute atomic E-state index is 0.0895. The van der Waals surface area contributed by atoms with Gasteiger partial charge < -0.3 is 15.5 Å². The van der Waals surface area contributed by atoms with Crippen molar-refractivity contribution in [1.82, 2.24) is 5.32 Å². The summed E-state index contributed by atoms with van der Waals surface area (Å²) in [4.78, 5) is 12.2. The fourth-order valence-electron chi connectivity index (χ4n) is 4.01. The molecular formula is C31H57NO3. The van der Waals surface area contributed by atoms with Gasteiger partial charge in [0, 0.05) is 6.42 Å². The number of allylic oxidation sites excluding steroid dienone is 5. The monoisotopic (exact) mass is 491 g/mol. The van der Waals surface area contributed by atoms with E-state index in [1.54, 1.807) is 6.08 Å². The number of nitrogens with one attached hydrogen (secondary N) is 1. The standard InChI is InChI=1S/C31H57NO3/c1-3-5-7-9-11-13-14-15-16-17-19-21-23-25-27-31(35)32-29(28-33)30(34)26-24-22-20-18-12-10-8-6-4-2/h12,14-15,18,24,26,29-30,33-34H,3-11,13,16-17,19-23,25,27-28H2,1-2H3,(H,32,35)/b15-14+,18-12+,26-24+/t29-,30+/m0/s1. The van der Waals surface area contributed by atoms with E-state index in [9.17, 15) is 15.0 Å². The first kappa shape index (κ1) is 33.6. The highest BCUT2D eigenvalue weighted by atomic mass is 16.3. The van der Waals surface area contributed by atoms with Crippen molar-refractivity contribution < 1.29 is 15.0 Å². The number of unbranched alkanes of at least 4 members (excludes halogenated alkanes) is 14. The highest BCUT2D eigenvalue weighted by molar-refractivity contribution is 5.76. The van der Waals surface area contributed by atoms with E-state index in [0.29, 0.717) is 6.42 Å². The minimum atomic E-state index is -0.859. The number of amides is 1. The van der Waals surface area contributed by atoms with Crippen molar-refractivity contribution in [3.8, 4) is 0 Å². The summed E-state index contributed by atoms with van der Waals surface area (Å²) in [7, 11) is 0. The summed E-state index contributed by atoms with van der Waals surface area (Å²) in [6.07, 6.45) is 33.6. The van der Waals surface area contributed by atoms with Gasteiger partial charge in [-0.2, -0.15) is 0 Å². The lowest BCUT2D eigenvalue weighted by Crippen LogP contribution is -2.45. The smallest absolute Gasteiger partial charge is 0.220 e.